The highest BCUT2D eigenvalue weighted by Crippen LogP contribution is 2.20. The lowest BCUT2D eigenvalue weighted by Crippen LogP contribution is -2.23. The van der Waals surface area contributed by atoms with Gasteiger partial charge in [0.2, 0.25) is 5.91 Å². The molecule has 2 rings (SSSR count). The van der Waals surface area contributed by atoms with Crippen molar-refractivity contribution < 1.29 is 14.3 Å². The molecule has 0 saturated heterocycles. The van der Waals surface area contributed by atoms with Gasteiger partial charge in [-0.2, -0.15) is 0 Å². The van der Waals surface area contributed by atoms with Crippen LogP contribution in [-0.4, -0.2) is 33.7 Å². The zero-order valence-corrected chi connectivity index (χ0v) is 16.4. The van der Waals surface area contributed by atoms with Crippen LogP contribution in [0.15, 0.2) is 40.3 Å². The van der Waals surface area contributed by atoms with Gasteiger partial charge in [-0.1, -0.05) is 25.1 Å². The molecule has 0 aliphatic rings. The number of hydrogen-bond acceptors (Lipinski definition) is 6. The number of esters is 1. The Balaban J connectivity index is 1.99. The predicted octanol–water partition coefficient (Wildman–Crippen LogP) is 3.02. The fourth-order valence-corrected chi connectivity index (χ4v) is 3.12. The first-order chi connectivity index (χ1) is 12.9. The number of carbonyl (C=O) groups is 2. The van der Waals surface area contributed by atoms with E-state index in [1.807, 2.05) is 6.92 Å². The van der Waals surface area contributed by atoms with Crippen molar-refractivity contribution in [2.24, 2.45) is 0 Å². The predicted molar refractivity (Wildman–Crippen MR) is 105 cm³/mol. The van der Waals surface area contributed by atoms with Gasteiger partial charge in [-0.3, -0.25) is 9.59 Å². The SMILES string of the molecule is CCCc1cc(=O)[nH]c(SC(C)C(=O)Nc2ccc(C(=O)OCC)cc2)n1. The van der Waals surface area contributed by atoms with E-state index in [4.69, 9.17) is 4.74 Å². The summed E-state index contributed by atoms with van der Waals surface area (Å²) in [5.41, 5.74) is 1.48. The van der Waals surface area contributed by atoms with Gasteiger partial charge in [-0.25, -0.2) is 9.78 Å². The normalized spacial score (nSPS) is 11.7. The van der Waals surface area contributed by atoms with E-state index in [1.54, 1.807) is 38.1 Å². The molecule has 144 valence electrons. The van der Waals surface area contributed by atoms with Crippen LogP contribution in [0.2, 0.25) is 0 Å². The molecule has 0 aliphatic heterocycles. The van der Waals surface area contributed by atoms with Gasteiger partial charge in [0.25, 0.3) is 5.56 Å². The van der Waals surface area contributed by atoms with Crippen LogP contribution in [0.5, 0.6) is 0 Å². The van der Waals surface area contributed by atoms with Crippen molar-refractivity contribution in [2.75, 3.05) is 11.9 Å². The van der Waals surface area contributed by atoms with Crippen LogP contribution in [0.4, 0.5) is 5.69 Å². The molecule has 0 radical (unpaired) electrons. The Morgan fingerprint density at radius 2 is 1.96 bits per heavy atom. The standard InChI is InChI=1S/C19H23N3O4S/c1-4-6-15-11-16(23)22-19(21-15)27-12(3)17(24)20-14-9-7-13(8-10-14)18(25)26-5-2/h7-12H,4-6H2,1-3H3,(H,20,24)(H,21,22,23). The first-order valence-corrected chi connectivity index (χ1v) is 9.65. The summed E-state index contributed by atoms with van der Waals surface area (Å²) < 4.78 is 4.92. The molecular weight excluding hydrogens is 366 g/mol. The minimum Gasteiger partial charge on any atom is -0.462 e. The van der Waals surface area contributed by atoms with E-state index in [0.29, 0.717) is 35.1 Å². The van der Waals surface area contributed by atoms with Crippen molar-refractivity contribution in [3.05, 3.63) is 51.9 Å². The highest BCUT2D eigenvalue weighted by atomic mass is 32.2. The number of nitrogens with zero attached hydrogens (tertiary/aromatic N) is 1. The monoisotopic (exact) mass is 389 g/mol. The van der Waals surface area contributed by atoms with Crippen LogP contribution in [0.1, 0.15) is 43.2 Å². The van der Waals surface area contributed by atoms with E-state index in [1.165, 1.54) is 17.8 Å². The van der Waals surface area contributed by atoms with E-state index in [-0.39, 0.29) is 11.5 Å². The number of rotatable bonds is 8. The van der Waals surface area contributed by atoms with Crippen molar-refractivity contribution in [3.8, 4) is 0 Å². The fraction of sp³-hybridized carbons (Fsp3) is 0.368. The molecule has 1 heterocycles. The molecule has 1 atom stereocenters. The largest absolute Gasteiger partial charge is 0.462 e. The third kappa shape index (κ3) is 6.25. The van der Waals surface area contributed by atoms with E-state index in [2.05, 4.69) is 15.3 Å². The fourth-order valence-electron chi connectivity index (χ4n) is 2.29. The highest BCUT2D eigenvalue weighted by molar-refractivity contribution is 8.00. The summed E-state index contributed by atoms with van der Waals surface area (Å²) in [5.74, 6) is -0.631. The van der Waals surface area contributed by atoms with Crippen molar-refractivity contribution in [2.45, 2.75) is 44.0 Å². The lowest BCUT2D eigenvalue weighted by Gasteiger charge is -2.12. The van der Waals surface area contributed by atoms with Gasteiger partial charge in [0.1, 0.15) is 0 Å². The molecule has 1 aromatic carbocycles. The molecule has 0 spiro atoms. The number of aromatic nitrogens is 2. The number of H-pyrrole nitrogens is 1. The Morgan fingerprint density at radius 1 is 1.26 bits per heavy atom. The number of carbonyl (C=O) groups excluding carboxylic acids is 2. The molecule has 1 unspecified atom stereocenters. The number of ether oxygens (including phenoxy) is 1. The van der Waals surface area contributed by atoms with Crippen molar-refractivity contribution in [1.29, 1.82) is 0 Å². The number of aromatic amines is 1. The minimum atomic E-state index is -0.463. The van der Waals surface area contributed by atoms with E-state index in [0.717, 1.165) is 6.42 Å². The summed E-state index contributed by atoms with van der Waals surface area (Å²) in [6.45, 7) is 5.80. The minimum absolute atomic E-state index is 0.224. The van der Waals surface area contributed by atoms with E-state index in [9.17, 15) is 14.4 Å². The Hall–Kier alpha value is -2.61. The Kier molecular flexibility index (Phi) is 7.60. The van der Waals surface area contributed by atoms with Crippen molar-refractivity contribution in [1.82, 2.24) is 9.97 Å². The maximum atomic E-state index is 12.4. The van der Waals surface area contributed by atoms with Crippen molar-refractivity contribution >= 4 is 29.3 Å². The molecule has 1 aromatic heterocycles. The van der Waals surface area contributed by atoms with Gasteiger partial charge in [-0.05, 0) is 44.5 Å². The molecule has 0 bridgehead atoms. The molecular formula is C19H23N3O4S. The van der Waals surface area contributed by atoms with Crippen LogP contribution in [0.3, 0.4) is 0 Å². The van der Waals surface area contributed by atoms with Crippen molar-refractivity contribution in [3.63, 3.8) is 0 Å². The second kappa shape index (κ2) is 9.91. The highest BCUT2D eigenvalue weighted by Gasteiger charge is 2.17. The zero-order chi connectivity index (χ0) is 19.8. The number of hydrogen-bond donors (Lipinski definition) is 2. The van der Waals surface area contributed by atoms with Gasteiger partial charge in [-0.15, -0.1) is 0 Å². The number of aryl methyl sites for hydroxylation is 1. The number of nitrogens with one attached hydrogen (secondary N) is 2. The summed E-state index contributed by atoms with van der Waals surface area (Å²) in [5, 5.41) is 2.74. The summed E-state index contributed by atoms with van der Waals surface area (Å²) >= 11 is 1.19. The number of thioether (sulfide) groups is 1. The molecule has 1 amide bonds. The smallest absolute Gasteiger partial charge is 0.338 e. The average Bonchev–Trinajstić information content (AvgIpc) is 2.62. The van der Waals surface area contributed by atoms with E-state index < -0.39 is 11.2 Å². The first kappa shape index (κ1) is 20.7. The van der Waals surface area contributed by atoms with Crippen LogP contribution < -0.4 is 10.9 Å². The number of amides is 1. The lowest BCUT2D eigenvalue weighted by atomic mass is 10.2. The third-order valence-electron chi connectivity index (χ3n) is 3.60. The molecule has 0 aliphatic carbocycles. The van der Waals surface area contributed by atoms with Gasteiger partial charge in [0.05, 0.1) is 17.4 Å². The van der Waals surface area contributed by atoms with Gasteiger partial charge in [0, 0.05) is 17.4 Å². The van der Waals surface area contributed by atoms with Crippen LogP contribution in [0, 0.1) is 0 Å². The summed E-state index contributed by atoms with van der Waals surface area (Å²) in [4.78, 5) is 42.8. The average molecular weight is 389 g/mol. The zero-order valence-electron chi connectivity index (χ0n) is 15.6. The Labute approximate surface area is 161 Å². The topological polar surface area (TPSA) is 101 Å². The van der Waals surface area contributed by atoms with Crippen LogP contribution in [-0.2, 0) is 16.0 Å². The molecule has 7 nitrogen and oxygen atoms in total. The van der Waals surface area contributed by atoms with Gasteiger partial charge in [0.15, 0.2) is 5.16 Å². The van der Waals surface area contributed by atoms with Gasteiger partial charge >= 0.3 is 5.97 Å². The van der Waals surface area contributed by atoms with Crippen LogP contribution in [0.25, 0.3) is 0 Å². The number of anilines is 1. The quantitative estimate of drug-likeness (QED) is 0.409. The second-order valence-electron chi connectivity index (χ2n) is 5.84. The summed E-state index contributed by atoms with van der Waals surface area (Å²) in [6.07, 6.45) is 1.60. The Bertz CT molecular complexity index is 849. The lowest BCUT2D eigenvalue weighted by molar-refractivity contribution is -0.115. The van der Waals surface area contributed by atoms with E-state index >= 15 is 0 Å². The van der Waals surface area contributed by atoms with Crippen LogP contribution >= 0.6 is 11.8 Å². The molecule has 27 heavy (non-hydrogen) atoms. The maximum Gasteiger partial charge on any atom is 0.338 e. The molecule has 2 aromatic rings. The third-order valence-corrected chi connectivity index (χ3v) is 4.58. The first-order valence-electron chi connectivity index (χ1n) is 8.77. The van der Waals surface area contributed by atoms with Gasteiger partial charge < -0.3 is 15.0 Å². The molecule has 8 heteroatoms. The molecule has 0 fully saturated rings. The summed E-state index contributed by atoms with van der Waals surface area (Å²) in [6, 6.07) is 7.95. The maximum absolute atomic E-state index is 12.4. The summed E-state index contributed by atoms with van der Waals surface area (Å²) in [7, 11) is 0. The Morgan fingerprint density at radius 3 is 2.59 bits per heavy atom. The molecule has 2 N–H and O–H groups in total. The number of benzene rings is 1. The molecule has 0 saturated carbocycles. The second-order valence-corrected chi connectivity index (χ2v) is 7.17.